The van der Waals surface area contributed by atoms with Gasteiger partial charge in [-0.25, -0.2) is 0 Å². The largest absolute Gasteiger partial charge is 0.494 e. The Labute approximate surface area is 171 Å². The molecule has 2 aromatic carbocycles. The molecule has 29 heavy (non-hydrogen) atoms. The predicted molar refractivity (Wildman–Crippen MR) is 114 cm³/mol. The van der Waals surface area contributed by atoms with Crippen LogP contribution in [0.25, 0.3) is 10.9 Å². The molecule has 1 saturated heterocycles. The first kappa shape index (κ1) is 19.9. The van der Waals surface area contributed by atoms with Gasteiger partial charge in [0.15, 0.2) is 0 Å². The molecule has 1 fully saturated rings. The minimum atomic E-state index is -3.86. The number of nitrogen functional groups attached to an aromatic ring is 1. The molecule has 1 aliphatic heterocycles. The van der Waals surface area contributed by atoms with Crippen molar-refractivity contribution in [2.75, 3.05) is 5.73 Å². The number of fused-ring (bicyclic) bond motifs is 1. The molecular weight excluding hydrogens is 389 g/mol. The minimum absolute atomic E-state index is 0.154. The Hall–Kier alpha value is -2.36. The lowest BCUT2D eigenvalue weighted by Gasteiger charge is -2.44. The van der Waals surface area contributed by atoms with Crippen LogP contribution in [0, 0.1) is 0 Å². The maximum Gasteiger partial charge on any atom is 0.494 e. The number of rotatable bonds is 3. The van der Waals surface area contributed by atoms with E-state index in [4.69, 9.17) is 15.0 Å². The van der Waals surface area contributed by atoms with Crippen LogP contribution in [0.4, 0.5) is 5.69 Å². The van der Waals surface area contributed by atoms with Gasteiger partial charge in [-0.3, -0.25) is 0 Å². The summed E-state index contributed by atoms with van der Waals surface area (Å²) in [5, 5.41) is 4.67. The van der Waals surface area contributed by atoms with Crippen LogP contribution in [0.5, 0.6) is 0 Å². The van der Waals surface area contributed by atoms with E-state index in [2.05, 4.69) is 5.10 Å². The van der Waals surface area contributed by atoms with E-state index in [9.17, 15) is 8.42 Å². The predicted octanol–water partition coefficient (Wildman–Crippen LogP) is 2.54. The fraction of sp³-hybridized carbons (Fsp3) is 0.350. The highest BCUT2D eigenvalue weighted by Gasteiger charge is 2.44. The summed E-state index contributed by atoms with van der Waals surface area (Å²) in [7, 11) is -4.53. The van der Waals surface area contributed by atoms with Crippen LogP contribution in [-0.2, 0) is 19.3 Å². The zero-order valence-electron chi connectivity index (χ0n) is 16.9. The van der Waals surface area contributed by atoms with Gasteiger partial charge >= 0.3 is 7.12 Å². The number of anilines is 1. The van der Waals surface area contributed by atoms with E-state index in [0.29, 0.717) is 22.1 Å². The van der Waals surface area contributed by atoms with E-state index < -0.39 is 28.3 Å². The third kappa shape index (κ3) is 3.65. The summed E-state index contributed by atoms with van der Waals surface area (Å²) in [6.07, 6.45) is 2.19. The Morgan fingerprint density at radius 3 is 2.31 bits per heavy atom. The van der Waals surface area contributed by atoms with Crippen LogP contribution in [0.1, 0.15) is 34.1 Å². The molecule has 0 unspecified atom stereocenters. The van der Waals surface area contributed by atoms with Gasteiger partial charge in [-0.15, -0.1) is 0 Å². The molecule has 0 saturated carbocycles. The molecule has 0 amide bonds. The Morgan fingerprint density at radius 2 is 1.69 bits per heavy atom. The highest BCUT2D eigenvalue weighted by atomic mass is 32.2. The Kier molecular flexibility index (Phi) is 4.53. The highest BCUT2D eigenvalue weighted by molar-refractivity contribution is 7.90. The first-order chi connectivity index (χ1) is 13.5. The second-order valence-corrected chi connectivity index (χ2v) is 10.4. The van der Waals surface area contributed by atoms with E-state index in [0.717, 1.165) is 10.5 Å². The number of aromatic nitrogens is 2. The molecule has 1 aromatic heterocycles. The molecule has 152 valence electrons. The first-order valence-corrected chi connectivity index (χ1v) is 10.9. The molecule has 7 nitrogen and oxygen atoms in total. The van der Waals surface area contributed by atoms with Gasteiger partial charge in [-0.05, 0) is 57.4 Å². The molecule has 0 atom stereocenters. The average molecular weight is 413 g/mol. The van der Waals surface area contributed by atoms with E-state index in [1.807, 2.05) is 27.7 Å². The van der Waals surface area contributed by atoms with Crippen molar-refractivity contribution < 1.29 is 17.7 Å². The maximum atomic E-state index is 13.1. The Bertz CT molecular complexity index is 1160. The van der Waals surface area contributed by atoms with Crippen LogP contribution < -0.4 is 11.2 Å². The van der Waals surface area contributed by atoms with Crippen molar-refractivity contribution in [1.82, 2.24) is 9.19 Å². The molecule has 0 bridgehead atoms. The van der Waals surface area contributed by atoms with Crippen molar-refractivity contribution in [3.63, 3.8) is 0 Å². The van der Waals surface area contributed by atoms with Crippen molar-refractivity contribution in [1.29, 1.82) is 0 Å². The number of nitrogens with two attached hydrogens (primary N) is 1. The lowest BCUT2D eigenvalue weighted by molar-refractivity contribution is -0.0716. The quantitative estimate of drug-likeness (QED) is 0.524. The monoisotopic (exact) mass is 413 g/mol. The van der Waals surface area contributed by atoms with Crippen LogP contribution in [0.2, 0.25) is 0 Å². The zero-order chi connectivity index (χ0) is 21.0. The summed E-state index contributed by atoms with van der Waals surface area (Å²) in [6, 6.07) is 11.7. The smallest absolute Gasteiger partial charge is 0.402 e. The standard InChI is InChI=1S/C20H24BN3O4S/c1-19(2)13-20(3,4)28-21(27-19)14-10-17(22)16-12-23-24(18(16)11-14)29(25,26)15-8-6-5-7-9-15/h5-12H,13,22H2,1-4H3. The molecule has 9 heteroatoms. The van der Waals surface area contributed by atoms with E-state index in [-0.39, 0.29) is 4.90 Å². The number of benzene rings is 2. The number of hydrogen-bond donors (Lipinski definition) is 1. The lowest BCUT2D eigenvalue weighted by atomic mass is 9.72. The SMILES string of the molecule is CC1(C)CC(C)(C)OB(c2cc(N)c3cnn(S(=O)(=O)c4ccccc4)c3c2)O1. The third-order valence-corrected chi connectivity index (χ3v) is 6.57. The normalized spacial score (nSPS) is 18.8. The van der Waals surface area contributed by atoms with Crippen LogP contribution in [0.15, 0.2) is 53.6 Å². The van der Waals surface area contributed by atoms with Gasteiger partial charge in [0.1, 0.15) is 0 Å². The number of nitrogens with zero attached hydrogens (tertiary/aromatic N) is 2. The van der Waals surface area contributed by atoms with Gasteiger partial charge in [0.05, 0.1) is 27.8 Å². The van der Waals surface area contributed by atoms with Crippen LogP contribution >= 0.6 is 0 Å². The second-order valence-electron chi connectivity index (χ2n) is 8.61. The molecule has 0 radical (unpaired) electrons. The minimum Gasteiger partial charge on any atom is -0.402 e. The highest BCUT2D eigenvalue weighted by Crippen LogP contribution is 2.33. The molecule has 0 spiro atoms. The van der Waals surface area contributed by atoms with Gasteiger partial charge in [0, 0.05) is 17.5 Å². The summed E-state index contributed by atoms with van der Waals surface area (Å²) < 4.78 is 39.5. The summed E-state index contributed by atoms with van der Waals surface area (Å²) in [4.78, 5) is 0.154. The fourth-order valence-corrected chi connectivity index (χ4v) is 5.30. The van der Waals surface area contributed by atoms with Gasteiger partial charge in [0.25, 0.3) is 10.0 Å². The molecule has 2 N–H and O–H groups in total. The van der Waals surface area contributed by atoms with Gasteiger partial charge in [-0.2, -0.15) is 17.6 Å². The lowest BCUT2D eigenvalue weighted by Crippen LogP contribution is -2.56. The third-order valence-electron chi connectivity index (χ3n) is 4.95. The van der Waals surface area contributed by atoms with Crippen molar-refractivity contribution in [2.45, 2.75) is 50.2 Å². The topological polar surface area (TPSA) is 96.4 Å². The Balaban J connectivity index is 1.85. The summed E-state index contributed by atoms with van der Waals surface area (Å²) in [5.74, 6) is 0. The number of hydrogen-bond acceptors (Lipinski definition) is 6. The van der Waals surface area contributed by atoms with Gasteiger partial charge < -0.3 is 15.0 Å². The van der Waals surface area contributed by atoms with E-state index in [1.54, 1.807) is 30.3 Å². The summed E-state index contributed by atoms with van der Waals surface area (Å²) in [6.45, 7) is 8.04. The van der Waals surface area contributed by atoms with Gasteiger partial charge in [0.2, 0.25) is 0 Å². The first-order valence-electron chi connectivity index (χ1n) is 9.42. The summed E-state index contributed by atoms with van der Waals surface area (Å²) in [5.41, 5.74) is 6.90. The van der Waals surface area contributed by atoms with E-state index >= 15 is 0 Å². The molecule has 0 aliphatic carbocycles. The molecule has 2 heterocycles. The molecular formula is C20H24BN3O4S. The van der Waals surface area contributed by atoms with Crippen LogP contribution in [-0.4, -0.2) is 35.9 Å². The van der Waals surface area contributed by atoms with Gasteiger partial charge in [-0.1, -0.05) is 18.2 Å². The van der Waals surface area contributed by atoms with Crippen molar-refractivity contribution >= 4 is 39.2 Å². The van der Waals surface area contributed by atoms with E-state index in [1.165, 1.54) is 18.3 Å². The van der Waals surface area contributed by atoms with Crippen molar-refractivity contribution in [2.24, 2.45) is 0 Å². The molecule has 4 rings (SSSR count). The van der Waals surface area contributed by atoms with Crippen molar-refractivity contribution in [3.05, 3.63) is 48.7 Å². The second kappa shape index (κ2) is 6.58. The molecule has 1 aliphatic rings. The average Bonchev–Trinajstić information content (AvgIpc) is 3.05. The van der Waals surface area contributed by atoms with Crippen molar-refractivity contribution in [3.8, 4) is 0 Å². The fourth-order valence-electron chi connectivity index (χ4n) is 4.02. The maximum absolute atomic E-state index is 13.1. The summed E-state index contributed by atoms with van der Waals surface area (Å²) >= 11 is 0. The zero-order valence-corrected chi connectivity index (χ0v) is 17.7. The molecule has 3 aromatic rings. The Morgan fingerprint density at radius 1 is 1.07 bits per heavy atom. The van der Waals surface area contributed by atoms with Crippen LogP contribution in [0.3, 0.4) is 0 Å².